The molecule has 0 aliphatic rings. The molecule has 1 amide bonds. The van der Waals surface area contributed by atoms with Crippen LogP contribution in [0, 0.1) is 13.8 Å². The second-order valence-electron chi connectivity index (χ2n) is 9.45. The van der Waals surface area contributed by atoms with Crippen LogP contribution in [0.5, 0.6) is 0 Å². The van der Waals surface area contributed by atoms with Gasteiger partial charge in [0.1, 0.15) is 0 Å². The zero-order valence-corrected chi connectivity index (χ0v) is 20.6. The maximum absolute atomic E-state index is 12.4. The largest absolute Gasteiger partial charge is 0.350 e. The predicted molar refractivity (Wildman–Crippen MR) is 129 cm³/mol. The Kier molecular flexibility index (Phi) is 7.93. The van der Waals surface area contributed by atoms with E-state index in [2.05, 4.69) is 50.4 Å². The van der Waals surface area contributed by atoms with Gasteiger partial charge in [0.2, 0.25) is 15.9 Å². The van der Waals surface area contributed by atoms with Gasteiger partial charge < -0.3 is 5.32 Å². The van der Waals surface area contributed by atoms with Gasteiger partial charge in [-0.25, -0.2) is 8.42 Å². The SMILES string of the molecule is Cc1cc(C)cc(N(CCCC(=O)NC(C)c2ccc(C(C)(C)C)cc2)S(C)(=O)=O)c1. The highest BCUT2D eigenvalue weighted by atomic mass is 32.2. The summed E-state index contributed by atoms with van der Waals surface area (Å²) in [5.41, 5.74) is 5.05. The summed E-state index contributed by atoms with van der Waals surface area (Å²) in [6.07, 6.45) is 1.91. The van der Waals surface area contributed by atoms with Crippen LogP contribution in [-0.4, -0.2) is 27.1 Å². The lowest BCUT2D eigenvalue weighted by Gasteiger charge is -2.23. The number of rotatable bonds is 8. The van der Waals surface area contributed by atoms with Gasteiger partial charge in [0.25, 0.3) is 0 Å². The summed E-state index contributed by atoms with van der Waals surface area (Å²) in [7, 11) is -3.43. The molecule has 0 spiro atoms. The van der Waals surface area contributed by atoms with Crippen molar-refractivity contribution in [1.29, 1.82) is 0 Å². The zero-order chi connectivity index (χ0) is 23.4. The molecule has 1 unspecified atom stereocenters. The number of sulfonamides is 1. The van der Waals surface area contributed by atoms with Crippen LogP contribution in [0.25, 0.3) is 0 Å². The van der Waals surface area contributed by atoms with Crippen LogP contribution in [0.1, 0.15) is 68.8 Å². The molecule has 1 atom stereocenters. The molecule has 5 nitrogen and oxygen atoms in total. The van der Waals surface area contributed by atoms with Crippen molar-refractivity contribution in [2.45, 2.75) is 65.8 Å². The summed E-state index contributed by atoms with van der Waals surface area (Å²) in [6, 6.07) is 13.9. The lowest BCUT2D eigenvalue weighted by atomic mass is 9.86. The molecule has 0 aliphatic heterocycles. The smallest absolute Gasteiger partial charge is 0.232 e. The first-order valence-electron chi connectivity index (χ1n) is 10.7. The summed E-state index contributed by atoms with van der Waals surface area (Å²) >= 11 is 0. The van der Waals surface area contributed by atoms with Gasteiger partial charge in [-0.15, -0.1) is 0 Å². The molecule has 0 bridgehead atoms. The monoisotopic (exact) mass is 444 g/mol. The number of nitrogens with one attached hydrogen (secondary N) is 1. The second-order valence-corrected chi connectivity index (χ2v) is 11.4. The van der Waals surface area contributed by atoms with Crippen molar-refractivity contribution in [3.05, 3.63) is 64.7 Å². The Morgan fingerprint density at radius 1 is 1.03 bits per heavy atom. The van der Waals surface area contributed by atoms with E-state index < -0.39 is 10.0 Å². The van der Waals surface area contributed by atoms with Crippen molar-refractivity contribution >= 4 is 21.6 Å². The topological polar surface area (TPSA) is 66.5 Å². The number of carbonyl (C=O) groups excluding carboxylic acids is 1. The van der Waals surface area contributed by atoms with Crippen LogP contribution < -0.4 is 9.62 Å². The lowest BCUT2D eigenvalue weighted by Crippen LogP contribution is -2.32. The van der Waals surface area contributed by atoms with Crippen LogP contribution in [-0.2, 0) is 20.2 Å². The van der Waals surface area contributed by atoms with E-state index in [-0.39, 0.29) is 30.3 Å². The van der Waals surface area contributed by atoms with Gasteiger partial charge >= 0.3 is 0 Å². The van der Waals surface area contributed by atoms with Gasteiger partial charge in [-0.2, -0.15) is 0 Å². The Balaban J connectivity index is 1.96. The van der Waals surface area contributed by atoms with Crippen LogP contribution in [0.2, 0.25) is 0 Å². The van der Waals surface area contributed by atoms with Gasteiger partial charge in [-0.1, -0.05) is 51.1 Å². The Bertz CT molecular complexity index is 986. The number of aryl methyl sites for hydroxylation is 2. The molecule has 0 aromatic heterocycles. The van der Waals surface area contributed by atoms with Crippen molar-refractivity contribution < 1.29 is 13.2 Å². The third-order valence-corrected chi connectivity index (χ3v) is 6.51. The normalized spacial score (nSPS) is 13.0. The van der Waals surface area contributed by atoms with E-state index in [0.29, 0.717) is 12.1 Å². The molecule has 0 radical (unpaired) electrons. The number of benzene rings is 2. The molecule has 0 saturated carbocycles. The molecule has 2 aromatic carbocycles. The van der Waals surface area contributed by atoms with Crippen molar-refractivity contribution in [3.63, 3.8) is 0 Å². The molecular formula is C25H36N2O3S. The molecule has 2 rings (SSSR count). The second kappa shape index (κ2) is 9.86. The fourth-order valence-corrected chi connectivity index (χ4v) is 4.58. The van der Waals surface area contributed by atoms with Crippen molar-refractivity contribution in [2.24, 2.45) is 0 Å². The van der Waals surface area contributed by atoms with Gasteiger partial charge in [0, 0.05) is 13.0 Å². The van der Waals surface area contributed by atoms with E-state index in [1.54, 1.807) is 0 Å². The highest BCUT2D eigenvalue weighted by molar-refractivity contribution is 7.92. The minimum Gasteiger partial charge on any atom is -0.350 e. The minimum atomic E-state index is -3.43. The molecule has 0 saturated heterocycles. The van der Waals surface area contributed by atoms with E-state index in [9.17, 15) is 13.2 Å². The maximum Gasteiger partial charge on any atom is 0.232 e. The maximum atomic E-state index is 12.4. The first kappa shape index (κ1) is 24.9. The summed E-state index contributed by atoms with van der Waals surface area (Å²) < 4.78 is 26.0. The van der Waals surface area contributed by atoms with Crippen molar-refractivity contribution in [3.8, 4) is 0 Å². The molecular weight excluding hydrogens is 408 g/mol. The number of hydrogen-bond donors (Lipinski definition) is 1. The summed E-state index contributed by atoms with van der Waals surface area (Å²) in [5, 5.41) is 3.02. The van der Waals surface area contributed by atoms with Crippen LogP contribution in [0.15, 0.2) is 42.5 Å². The Morgan fingerprint density at radius 2 is 1.58 bits per heavy atom. The Hall–Kier alpha value is -2.34. The van der Waals surface area contributed by atoms with E-state index in [4.69, 9.17) is 0 Å². The first-order chi connectivity index (χ1) is 14.3. The van der Waals surface area contributed by atoms with Gasteiger partial charge in [0.15, 0.2) is 0 Å². The minimum absolute atomic E-state index is 0.0822. The molecule has 0 aliphatic carbocycles. The number of hydrogen-bond acceptors (Lipinski definition) is 3. The highest BCUT2D eigenvalue weighted by Crippen LogP contribution is 2.24. The van der Waals surface area contributed by atoms with Gasteiger partial charge in [-0.3, -0.25) is 9.10 Å². The van der Waals surface area contributed by atoms with Crippen molar-refractivity contribution in [2.75, 3.05) is 17.1 Å². The quantitative estimate of drug-likeness (QED) is 0.621. The fourth-order valence-electron chi connectivity index (χ4n) is 3.63. The third-order valence-electron chi connectivity index (χ3n) is 5.31. The molecule has 2 aromatic rings. The van der Waals surface area contributed by atoms with Crippen LogP contribution >= 0.6 is 0 Å². The number of amides is 1. The van der Waals surface area contributed by atoms with E-state index >= 15 is 0 Å². The predicted octanol–water partition coefficient (Wildman–Crippen LogP) is 5.02. The molecule has 6 heteroatoms. The Labute approximate surface area is 187 Å². The molecule has 31 heavy (non-hydrogen) atoms. The zero-order valence-electron chi connectivity index (χ0n) is 19.8. The Morgan fingerprint density at radius 3 is 2.06 bits per heavy atom. The summed E-state index contributed by atoms with van der Waals surface area (Å²) in [4.78, 5) is 12.4. The standard InChI is InChI=1S/C25H36N2O3S/c1-18-15-19(2)17-23(16-18)27(31(7,29)30)14-8-9-24(28)26-20(3)21-10-12-22(13-11-21)25(4,5)6/h10-13,15-17,20H,8-9,14H2,1-7H3,(H,26,28). The molecule has 0 heterocycles. The van der Waals surface area contributed by atoms with Crippen LogP contribution in [0.4, 0.5) is 5.69 Å². The summed E-state index contributed by atoms with van der Waals surface area (Å²) in [5.74, 6) is -0.0822. The summed E-state index contributed by atoms with van der Waals surface area (Å²) in [6.45, 7) is 12.6. The van der Waals surface area contributed by atoms with E-state index in [0.717, 1.165) is 16.7 Å². The van der Waals surface area contributed by atoms with E-state index in [1.807, 2.05) is 39.0 Å². The highest BCUT2D eigenvalue weighted by Gasteiger charge is 2.19. The average molecular weight is 445 g/mol. The molecule has 1 N–H and O–H groups in total. The van der Waals surface area contributed by atoms with Crippen molar-refractivity contribution in [1.82, 2.24) is 5.32 Å². The average Bonchev–Trinajstić information content (AvgIpc) is 2.62. The third kappa shape index (κ3) is 7.39. The molecule has 170 valence electrons. The molecule has 0 fully saturated rings. The lowest BCUT2D eigenvalue weighted by molar-refractivity contribution is -0.121. The van der Waals surface area contributed by atoms with Gasteiger partial charge in [-0.05, 0) is 67.0 Å². The first-order valence-corrected chi connectivity index (χ1v) is 12.6. The number of nitrogens with zero attached hydrogens (tertiary/aromatic N) is 1. The van der Waals surface area contributed by atoms with Gasteiger partial charge in [0.05, 0.1) is 18.0 Å². The number of carbonyl (C=O) groups is 1. The fraction of sp³-hybridized carbons (Fsp3) is 0.480. The van der Waals surface area contributed by atoms with E-state index in [1.165, 1.54) is 16.1 Å². The van der Waals surface area contributed by atoms with Crippen LogP contribution in [0.3, 0.4) is 0 Å². The number of anilines is 1.